The fraction of sp³-hybridized carbons (Fsp3) is 0.500. The average Bonchev–Trinajstić information content (AvgIpc) is 3.29. The summed E-state index contributed by atoms with van der Waals surface area (Å²) >= 11 is 0. The van der Waals surface area contributed by atoms with Crippen molar-refractivity contribution in [2.75, 3.05) is 0 Å². The van der Waals surface area contributed by atoms with Gasteiger partial charge >= 0.3 is 5.97 Å². The van der Waals surface area contributed by atoms with Gasteiger partial charge in [0.05, 0.1) is 5.92 Å². The van der Waals surface area contributed by atoms with Crippen molar-refractivity contribution in [3.63, 3.8) is 0 Å². The number of benzene rings is 1. The number of carbonyl (C=O) groups excluding carboxylic acids is 1. The van der Waals surface area contributed by atoms with Crippen molar-refractivity contribution >= 4 is 11.9 Å². The van der Waals surface area contributed by atoms with Crippen molar-refractivity contribution in [2.24, 2.45) is 5.92 Å². The number of nitrogens with zero attached hydrogens (tertiary/aromatic N) is 2. The lowest BCUT2D eigenvalue weighted by Crippen LogP contribution is -2.33. The van der Waals surface area contributed by atoms with Crippen LogP contribution in [0.2, 0.25) is 0 Å². The largest absolute Gasteiger partial charge is 0.481 e. The van der Waals surface area contributed by atoms with E-state index >= 15 is 0 Å². The summed E-state index contributed by atoms with van der Waals surface area (Å²) in [4.78, 5) is 27.4. The van der Waals surface area contributed by atoms with Crippen molar-refractivity contribution in [2.45, 2.75) is 57.9 Å². The predicted molar refractivity (Wildman–Crippen MR) is 99.1 cm³/mol. The minimum atomic E-state index is -0.786. The van der Waals surface area contributed by atoms with Crippen LogP contribution in [0.25, 0.3) is 11.4 Å². The molecule has 0 aliphatic heterocycles. The number of nitrogens with one attached hydrogen (secondary N) is 1. The van der Waals surface area contributed by atoms with E-state index in [1.807, 2.05) is 12.1 Å². The van der Waals surface area contributed by atoms with E-state index in [1.54, 1.807) is 0 Å². The Morgan fingerprint density at radius 1 is 1.26 bits per heavy atom. The maximum absolute atomic E-state index is 12.1. The van der Waals surface area contributed by atoms with Crippen LogP contribution >= 0.6 is 0 Å². The molecule has 27 heavy (non-hydrogen) atoms. The Labute approximate surface area is 158 Å². The second kappa shape index (κ2) is 8.33. The third kappa shape index (κ3) is 4.93. The molecular weight excluding hydrogens is 346 g/mol. The Bertz CT molecular complexity index is 798. The molecule has 7 heteroatoms. The van der Waals surface area contributed by atoms with Crippen LogP contribution in [0, 0.1) is 5.92 Å². The van der Waals surface area contributed by atoms with Gasteiger partial charge in [-0.15, -0.1) is 0 Å². The highest BCUT2D eigenvalue weighted by molar-refractivity contribution is 5.77. The van der Waals surface area contributed by atoms with E-state index in [9.17, 15) is 9.59 Å². The smallest absolute Gasteiger partial charge is 0.306 e. The summed E-state index contributed by atoms with van der Waals surface area (Å²) in [6, 6.07) is 7.98. The van der Waals surface area contributed by atoms with Crippen LogP contribution in [-0.4, -0.2) is 33.2 Å². The molecule has 1 amide bonds. The van der Waals surface area contributed by atoms with Crippen LogP contribution in [-0.2, 0) is 16.0 Å². The molecule has 2 aromatic rings. The first-order valence-corrected chi connectivity index (χ1v) is 9.37. The van der Waals surface area contributed by atoms with E-state index in [4.69, 9.17) is 9.63 Å². The molecule has 1 aromatic heterocycles. The van der Waals surface area contributed by atoms with Gasteiger partial charge in [0, 0.05) is 24.4 Å². The lowest BCUT2D eigenvalue weighted by molar-refractivity contribution is -0.141. The van der Waals surface area contributed by atoms with Gasteiger partial charge in [0.25, 0.3) is 0 Å². The maximum atomic E-state index is 12.1. The van der Waals surface area contributed by atoms with Crippen LogP contribution in [0.4, 0.5) is 0 Å². The van der Waals surface area contributed by atoms with Crippen LogP contribution < -0.4 is 5.32 Å². The lowest BCUT2D eigenvalue weighted by atomic mass is 10.0. The number of hydrogen-bond donors (Lipinski definition) is 2. The molecule has 2 atom stereocenters. The zero-order valence-electron chi connectivity index (χ0n) is 15.6. The molecule has 1 fully saturated rings. The molecule has 7 nitrogen and oxygen atoms in total. The average molecular weight is 371 g/mol. The summed E-state index contributed by atoms with van der Waals surface area (Å²) in [6.07, 6.45) is 2.42. The van der Waals surface area contributed by atoms with E-state index in [2.05, 4.69) is 41.4 Å². The number of hydrogen-bond acceptors (Lipinski definition) is 5. The molecular formula is C20H25N3O4. The Morgan fingerprint density at radius 3 is 2.63 bits per heavy atom. The van der Waals surface area contributed by atoms with Crippen molar-refractivity contribution in [3.05, 3.63) is 35.7 Å². The summed E-state index contributed by atoms with van der Waals surface area (Å²) in [5, 5.41) is 15.9. The van der Waals surface area contributed by atoms with Gasteiger partial charge < -0.3 is 14.9 Å². The molecule has 0 spiro atoms. The van der Waals surface area contributed by atoms with Crippen LogP contribution in [0.1, 0.15) is 56.9 Å². The molecule has 0 unspecified atom stereocenters. The van der Waals surface area contributed by atoms with Gasteiger partial charge in [0.1, 0.15) is 0 Å². The summed E-state index contributed by atoms with van der Waals surface area (Å²) < 4.78 is 5.25. The molecule has 2 N–H and O–H groups in total. The monoisotopic (exact) mass is 371 g/mol. The van der Waals surface area contributed by atoms with Crippen LogP contribution in [0.5, 0.6) is 0 Å². The summed E-state index contributed by atoms with van der Waals surface area (Å²) in [5.41, 5.74) is 2.13. The topological polar surface area (TPSA) is 105 Å². The third-order valence-corrected chi connectivity index (χ3v) is 5.02. The van der Waals surface area contributed by atoms with Crippen LogP contribution in [0.3, 0.4) is 0 Å². The highest BCUT2D eigenvalue weighted by Gasteiger charge is 2.30. The number of carbonyl (C=O) groups is 2. The molecule has 1 aliphatic rings. The maximum Gasteiger partial charge on any atom is 0.306 e. The summed E-state index contributed by atoms with van der Waals surface area (Å²) in [6.45, 7) is 4.28. The van der Waals surface area contributed by atoms with Crippen molar-refractivity contribution in [3.8, 4) is 11.4 Å². The standard InChI is InChI=1S/C20H25N3O4/c1-12(2)13-3-5-14(6-4-13)19-22-18(27-23-19)10-9-17(24)21-16-8-7-15(11-16)20(25)26/h3-6,12,15-16H,7-11H2,1-2H3,(H,21,24)(H,25,26)/t15-,16+/m0/s1. The zero-order chi connectivity index (χ0) is 19.4. The zero-order valence-corrected chi connectivity index (χ0v) is 15.6. The Kier molecular flexibility index (Phi) is 5.88. The van der Waals surface area contributed by atoms with Gasteiger partial charge in [-0.25, -0.2) is 0 Å². The van der Waals surface area contributed by atoms with E-state index in [1.165, 1.54) is 5.56 Å². The first-order chi connectivity index (χ1) is 12.9. The van der Waals surface area contributed by atoms with Gasteiger partial charge in [0.2, 0.25) is 17.6 Å². The van der Waals surface area contributed by atoms with Crippen molar-refractivity contribution in [1.29, 1.82) is 0 Å². The Balaban J connectivity index is 1.49. The second-order valence-electron chi connectivity index (χ2n) is 7.40. The molecule has 3 rings (SSSR count). The third-order valence-electron chi connectivity index (χ3n) is 5.02. The van der Waals surface area contributed by atoms with Gasteiger partial charge in [-0.2, -0.15) is 4.98 Å². The molecule has 144 valence electrons. The van der Waals surface area contributed by atoms with Gasteiger partial charge in [-0.05, 0) is 30.7 Å². The number of aromatic nitrogens is 2. The van der Waals surface area contributed by atoms with Gasteiger partial charge in [0.15, 0.2) is 0 Å². The van der Waals surface area contributed by atoms with Gasteiger partial charge in [-0.1, -0.05) is 43.3 Å². The summed E-state index contributed by atoms with van der Waals surface area (Å²) in [5.74, 6) is 0.141. The van der Waals surface area contributed by atoms with E-state index in [0.717, 1.165) is 5.56 Å². The van der Waals surface area contributed by atoms with E-state index in [-0.39, 0.29) is 24.3 Å². The van der Waals surface area contributed by atoms with Crippen molar-refractivity contribution in [1.82, 2.24) is 15.5 Å². The number of rotatable bonds is 7. The molecule has 0 saturated heterocycles. The van der Waals surface area contributed by atoms with Crippen LogP contribution in [0.15, 0.2) is 28.8 Å². The summed E-state index contributed by atoms with van der Waals surface area (Å²) in [7, 11) is 0. The molecule has 0 bridgehead atoms. The number of amides is 1. The minimum absolute atomic E-state index is 0.0590. The molecule has 1 aromatic carbocycles. The SMILES string of the molecule is CC(C)c1ccc(-c2noc(CCC(=O)N[C@@H]3CC[C@H](C(=O)O)C3)n2)cc1. The molecule has 0 radical (unpaired) electrons. The quantitative estimate of drug-likeness (QED) is 0.774. The molecule has 1 saturated carbocycles. The Morgan fingerprint density at radius 2 is 2.00 bits per heavy atom. The number of carboxylic acid groups (broad SMARTS) is 1. The van der Waals surface area contributed by atoms with E-state index < -0.39 is 5.97 Å². The Hall–Kier alpha value is -2.70. The second-order valence-corrected chi connectivity index (χ2v) is 7.40. The minimum Gasteiger partial charge on any atom is -0.481 e. The first-order valence-electron chi connectivity index (χ1n) is 9.37. The lowest BCUT2D eigenvalue weighted by Gasteiger charge is -2.11. The van der Waals surface area contributed by atoms with Gasteiger partial charge in [-0.3, -0.25) is 9.59 Å². The van der Waals surface area contributed by atoms with Crippen molar-refractivity contribution < 1.29 is 19.2 Å². The predicted octanol–water partition coefficient (Wildman–Crippen LogP) is 3.16. The normalized spacial score (nSPS) is 19.4. The number of aliphatic carboxylic acids is 1. The fourth-order valence-corrected chi connectivity index (χ4v) is 3.35. The first kappa shape index (κ1) is 19.1. The number of aryl methyl sites for hydroxylation is 1. The highest BCUT2D eigenvalue weighted by atomic mass is 16.5. The molecule has 1 heterocycles. The van der Waals surface area contributed by atoms with E-state index in [0.29, 0.717) is 43.3 Å². The number of carboxylic acids is 1. The molecule has 1 aliphatic carbocycles. The highest BCUT2D eigenvalue weighted by Crippen LogP contribution is 2.26. The fourth-order valence-electron chi connectivity index (χ4n) is 3.35.